The number of hydrogen-bond donors (Lipinski definition) is 1. The fourth-order valence-electron chi connectivity index (χ4n) is 2.57. The number of aromatic nitrogens is 2. The van der Waals surface area contributed by atoms with Gasteiger partial charge in [-0.1, -0.05) is 11.6 Å². The summed E-state index contributed by atoms with van der Waals surface area (Å²) in [5.41, 5.74) is 0. The van der Waals surface area contributed by atoms with Crippen LogP contribution in [0.15, 0.2) is 4.52 Å². The van der Waals surface area contributed by atoms with Gasteiger partial charge in [0, 0.05) is 5.92 Å². The smallest absolute Gasteiger partial charge is 0.243 e. The molecule has 94 valence electrons. The van der Waals surface area contributed by atoms with Gasteiger partial charge in [0.25, 0.3) is 0 Å². The van der Waals surface area contributed by atoms with Gasteiger partial charge in [-0.05, 0) is 43.7 Å². The Morgan fingerprint density at radius 3 is 2.82 bits per heavy atom. The van der Waals surface area contributed by atoms with Gasteiger partial charge < -0.3 is 9.84 Å². The van der Waals surface area contributed by atoms with Crippen LogP contribution in [0.5, 0.6) is 0 Å². The van der Waals surface area contributed by atoms with Crippen molar-refractivity contribution < 1.29 is 4.52 Å². The van der Waals surface area contributed by atoms with Gasteiger partial charge in [0.1, 0.15) is 0 Å². The zero-order chi connectivity index (χ0) is 11.5. The van der Waals surface area contributed by atoms with Crippen LogP contribution in [0.2, 0.25) is 0 Å². The number of thioether (sulfide) groups is 1. The average molecular weight is 253 g/mol. The summed E-state index contributed by atoms with van der Waals surface area (Å²) in [7, 11) is 0. The standard InChI is InChI=1S/C12H19N3OS/c1-2-6-13-10(3-1)12-14-11(15-16-12)9-4-7-17-8-5-9/h9-10,13H,1-8H2. The van der Waals surface area contributed by atoms with Crippen LogP contribution in [0.1, 0.15) is 55.8 Å². The lowest BCUT2D eigenvalue weighted by Crippen LogP contribution is -2.27. The van der Waals surface area contributed by atoms with E-state index in [1.807, 2.05) is 11.8 Å². The Hall–Kier alpha value is -0.550. The van der Waals surface area contributed by atoms with Gasteiger partial charge in [0.15, 0.2) is 5.82 Å². The van der Waals surface area contributed by atoms with E-state index in [0.717, 1.165) is 24.7 Å². The van der Waals surface area contributed by atoms with Crippen molar-refractivity contribution in [3.8, 4) is 0 Å². The number of nitrogens with one attached hydrogen (secondary N) is 1. The first-order chi connectivity index (χ1) is 8.43. The van der Waals surface area contributed by atoms with Crippen molar-refractivity contribution >= 4 is 11.8 Å². The molecule has 0 saturated carbocycles. The molecule has 5 heteroatoms. The highest BCUT2D eigenvalue weighted by Gasteiger charge is 2.25. The third kappa shape index (κ3) is 2.65. The van der Waals surface area contributed by atoms with Gasteiger partial charge >= 0.3 is 0 Å². The van der Waals surface area contributed by atoms with E-state index in [-0.39, 0.29) is 0 Å². The largest absolute Gasteiger partial charge is 0.338 e. The minimum absolute atomic E-state index is 0.294. The third-order valence-corrected chi connectivity index (χ3v) is 4.70. The molecule has 3 heterocycles. The summed E-state index contributed by atoms with van der Waals surface area (Å²) in [6, 6.07) is 0.294. The molecule has 1 unspecified atom stereocenters. The maximum Gasteiger partial charge on any atom is 0.243 e. The molecule has 2 fully saturated rings. The summed E-state index contributed by atoms with van der Waals surface area (Å²) >= 11 is 2.03. The molecule has 17 heavy (non-hydrogen) atoms. The number of hydrogen-bond acceptors (Lipinski definition) is 5. The lowest BCUT2D eigenvalue weighted by molar-refractivity contribution is 0.295. The van der Waals surface area contributed by atoms with Gasteiger partial charge in [-0.15, -0.1) is 0 Å². The molecule has 2 aliphatic rings. The van der Waals surface area contributed by atoms with Crippen molar-refractivity contribution in [2.45, 2.75) is 44.1 Å². The molecule has 1 aromatic rings. The molecule has 1 aromatic heterocycles. The highest BCUT2D eigenvalue weighted by molar-refractivity contribution is 7.99. The highest BCUT2D eigenvalue weighted by Crippen LogP contribution is 2.31. The predicted octanol–water partition coefficient (Wildman–Crippen LogP) is 2.49. The van der Waals surface area contributed by atoms with Crippen molar-refractivity contribution in [2.75, 3.05) is 18.1 Å². The van der Waals surface area contributed by atoms with Gasteiger partial charge in [-0.3, -0.25) is 0 Å². The van der Waals surface area contributed by atoms with Crippen LogP contribution in [0.25, 0.3) is 0 Å². The quantitative estimate of drug-likeness (QED) is 0.877. The molecule has 1 N–H and O–H groups in total. The maximum atomic E-state index is 5.43. The van der Waals surface area contributed by atoms with E-state index in [0.29, 0.717) is 12.0 Å². The molecule has 0 aromatic carbocycles. The number of rotatable bonds is 2. The van der Waals surface area contributed by atoms with Crippen LogP contribution in [0, 0.1) is 0 Å². The minimum atomic E-state index is 0.294. The average Bonchev–Trinajstić information content (AvgIpc) is 2.90. The first kappa shape index (κ1) is 11.5. The highest BCUT2D eigenvalue weighted by atomic mass is 32.2. The van der Waals surface area contributed by atoms with E-state index in [4.69, 9.17) is 4.52 Å². The zero-order valence-corrected chi connectivity index (χ0v) is 10.8. The van der Waals surface area contributed by atoms with E-state index in [1.54, 1.807) is 0 Å². The van der Waals surface area contributed by atoms with E-state index in [2.05, 4.69) is 15.5 Å². The van der Waals surface area contributed by atoms with E-state index in [9.17, 15) is 0 Å². The summed E-state index contributed by atoms with van der Waals surface area (Å²) < 4.78 is 5.43. The Morgan fingerprint density at radius 2 is 2.06 bits per heavy atom. The first-order valence-corrected chi connectivity index (χ1v) is 7.73. The normalized spacial score (nSPS) is 27.2. The first-order valence-electron chi connectivity index (χ1n) is 6.58. The van der Waals surface area contributed by atoms with Crippen molar-refractivity contribution in [3.63, 3.8) is 0 Å². The summed E-state index contributed by atoms with van der Waals surface area (Å²) in [4.78, 5) is 4.61. The zero-order valence-electron chi connectivity index (χ0n) is 10.0. The molecule has 3 rings (SSSR count). The van der Waals surface area contributed by atoms with Crippen molar-refractivity contribution in [1.82, 2.24) is 15.5 Å². The van der Waals surface area contributed by atoms with Gasteiger partial charge in [-0.25, -0.2) is 0 Å². The predicted molar refractivity (Wildman–Crippen MR) is 68.2 cm³/mol. The van der Waals surface area contributed by atoms with Crippen LogP contribution >= 0.6 is 11.8 Å². The Balaban J connectivity index is 1.68. The third-order valence-electron chi connectivity index (χ3n) is 3.65. The van der Waals surface area contributed by atoms with Crippen molar-refractivity contribution in [2.24, 2.45) is 0 Å². The number of nitrogens with zero attached hydrogens (tertiary/aromatic N) is 2. The second-order valence-electron chi connectivity index (χ2n) is 4.88. The lowest BCUT2D eigenvalue weighted by Gasteiger charge is -2.20. The maximum absolute atomic E-state index is 5.43. The monoisotopic (exact) mass is 253 g/mol. The lowest BCUT2D eigenvalue weighted by atomic mass is 10.0. The molecule has 0 spiro atoms. The van der Waals surface area contributed by atoms with E-state index in [1.165, 1.54) is 37.2 Å². The number of piperidine rings is 1. The second-order valence-corrected chi connectivity index (χ2v) is 6.10. The summed E-state index contributed by atoms with van der Waals surface area (Å²) in [5.74, 6) is 4.73. The van der Waals surface area contributed by atoms with Crippen LogP contribution in [-0.4, -0.2) is 28.2 Å². The summed E-state index contributed by atoms with van der Waals surface area (Å²) in [6.07, 6.45) is 6.04. The van der Waals surface area contributed by atoms with Crippen molar-refractivity contribution in [1.29, 1.82) is 0 Å². The molecule has 2 aliphatic heterocycles. The molecule has 0 aliphatic carbocycles. The Bertz CT molecular complexity index is 324. The fourth-order valence-corrected chi connectivity index (χ4v) is 3.68. The fraction of sp³-hybridized carbons (Fsp3) is 0.833. The molecular formula is C12H19N3OS. The SMILES string of the molecule is C1CCC(c2nc(C3CCSCC3)no2)NC1. The van der Waals surface area contributed by atoms with Crippen LogP contribution in [0.3, 0.4) is 0 Å². The van der Waals surface area contributed by atoms with Crippen molar-refractivity contribution in [3.05, 3.63) is 11.7 Å². The minimum Gasteiger partial charge on any atom is -0.338 e. The molecule has 0 amide bonds. The van der Waals surface area contributed by atoms with Gasteiger partial charge in [-0.2, -0.15) is 16.7 Å². The van der Waals surface area contributed by atoms with Gasteiger partial charge in [0.05, 0.1) is 6.04 Å². The van der Waals surface area contributed by atoms with Crippen LogP contribution in [-0.2, 0) is 0 Å². The second kappa shape index (κ2) is 5.40. The summed E-state index contributed by atoms with van der Waals surface area (Å²) in [6.45, 7) is 1.07. The molecule has 2 saturated heterocycles. The van der Waals surface area contributed by atoms with Crippen LogP contribution in [0.4, 0.5) is 0 Å². The molecule has 0 radical (unpaired) electrons. The Morgan fingerprint density at radius 1 is 1.18 bits per heavy atom. The van der Waals surface area contributed by atoms with Crippen LogP contribution < -0.4 is 5.32 Å². The molecule has 4 nitrogen and oxygen atoms in total. The van der Waals surface area contributed by atoms with E-state index >= 15 is 0 Å². The molecular weight excluding hydrogens is 234 g/mol. The Kier molecular flexibility index (Phi) is 3.66. The topological polar surface area (TPSA) is 51.0 Å². The molecule has 0 bridgehead atoms. The summed E-state index contributed by atoms with van der Waals surface area (Å²) in [5, 5.41) is 7.63. The van der Waals surface area contributed by atoms with E-state index < -0.39 is 0 Å². The van der Waals surface area contributed by atoms with Gasteiger partial charge in [0.2, 0.25) is 5.89 Å². The Labute approximate surface area is 106 Å². The molecule has 1 atom stereocenters.